The molecule has 2 rings (SSSR count). The van der Waals surface area contributed by atoms with E-state index in [4.69, 9.17) is 0 Å². The molecule has 94 valence electrons. The van der Waals surface area contributed by atoms with Gasteiger partial charge in [0.25, 0.3) is 0 Å². The number of aromatic nitrogens is 1. The van der Waals surface area contributed by atoms with E-state index in [2.05, 4.69) is 39.5 Å². The van der Waals surface area contributed by atoms with E-state index in [1.54, 1.807) is 0 Å². The van der Waals surface area contributed by atoms with Crippen molar-refractivity contribution in [1.29, 1.82) is 0 Å². The molecule has 0 bridgehead atoms. The molecule has 18 heavy (non-hydrogen) atoms. The van der Waals surface area contributed by atoms with Crippen LogP contribution in [0.4, 0.5) is 11.4 Å². The molecule has 3 nitrogen and oxygen atoms in total. The average Bonchev–Trinajstić information content (AvgIpc) is 2.37. The quantitative estimate of drug-likeness (QED) is 0.891. The molecule has 1 heterocycles. The molecule has 0 unspecified atom stereocenters. The van der Waals surface area contributed by atoms with E-state index >= 15 is 0 Å². The van der Waals surface area contributed by atoms with E-state index in [0.29, 0.717) is 0 Å². The summed E-state index contributed by atoms with van der Waals surface area (Å²) in [6.45, 7) is 2.76. The van der Waals surface area contributed by atoms with Gasteiger partial charge in [-0.3, -0.25) is 4.98 Å². The van der Waals surface area contributed by atoms with E-state index in [0.717, 1.165) is 23.6 Å². The summed E-state index contributed by atoms with van der Waals surface area (Å²) in [7, 11) is 4.08. The van der Waals surface area contributed by atoms with Crippen molar-refractivity contribution in [2.75, 3.05) is 24.3 Å². The second-order valence-electron chi connectivity index (χ2n) is 4.57. The molecular formula is C15H19N3. The number of rotatable bonds is 4. The van der Waals surface area contributed by atoms with Crippen LogP contribution in [0.15, 0.2) is 42.5 Å². The third-order valence-corrected chi connectivity index (χ3v) is 2.80. The normalized spacial score (nSPS) is 10.2. The lowest BCUT2D eigenvalue weighted by Gasteiger charge is -2.13. The molecule has 1 N–H and O–H groups in total. The number of hydrogen-bond donors (Lipinski definition) is 1. The Balaban J connectivity index is 1.98. The first-order valence-electron chi connectivity index (χ1n) is 6.09. The number of pyridine rings is 1. The minimum Gasteiger partial charge on any atom is -0.379 e. The van der Waals surface area contributed by atoms with Gasteiger partial charge in [0.2, 0.25) is 0 Å². The first-order chi connectivity index (χ1) is 8.65. The molecule has 0 aliphatic rings. The maximum Gasteiger partial charge on any atom is 0.0597 e. The van der Waals surface area contributed by atoms with Gasteiger partial charge in [-0.15, -0.1) is 0 Å². The fourth-order valence-corrected chi connectivity index (χ4v) is 1.77. The van der Waals surface area contributed by atoms with Crippen LogP contribution in [0.25, 0.3) is 0 Å². The Hall–Kier alpha value is -2.03. The number of benzene rings is 1. The maximum atomic E-state index is 4.46. The van der Waals surface area contributed by atoms with Crippen LogP contribution in [-0.2, 0) is 6.54 Å². The predicted molar refractivity (Wildman–Crippen MR) is 77.1 cm³/mol. The molecule has 0 amide bonds. The zero-order valence-corrected chi connectivity index (χ0v) is 11.1. The number of nitrogens with one attached hydrogen (secondary N) is 1. The topological polar surface area (TPSA) is 28.2 Å². The molecule has 0 atom stereocenters. The molecule has 1 aromatic heterocycles. The maximum absolute atomic E-state index is 4.46. The number of nitrogens with zero attached hydrogens (tertiary/aromatic N) is 2. The monoisotopic (exact) mass is 241 g/mol. The second kappa shape index (κ2) is 5.54. The van der Waals surface area contributed by atoms with Crippen LogP contribution in [0.2, 0.25) is 0 Å². The first-order valence-corrected chi connectivity index (χ1v) is 6.09. The zero-order valence-electron chi connectivity index (χ0n) is 11.1. The Labute approximate surface area is 108 Å². The number of hydrogen-bond acceptors (Lipinski definition) is 3. The van der Waals surface area contributed by atoms with Gasteiger partial charge in [-0.05, 0) is 43.3 Å². The fourth-order valence-electron chi connectivity index (χ4n) is 1.77. The van der Waals surface area contributed by atoms with Gasteiger partial charge in [-0.1, -0.05) is 6.07 Å². The van der Waals surface area contributed by atoms with E-state index in [1.165, 1.54) is 5.69 Å². The van der Waals surface area contributed by atoms with Gasteiger partial charge in [0.15, 0.2) is 0 Å². The van der Waals surface area contributed by atoms with Crippen molar-refractivity contribution >= 4 is 11.4 Å². The van der Waals surface area contributed by atoms with Crippen molar-refractivity contribution in [3.63, 3.8) is 0 Å². The molecule has 0 spiro atoms. The van der Waals surface area contributed by atoms with Crippen LogP contribution in [0.1, 0.15) is 11.4 Å². The fraction of sp³-hybridized carbons (Fsp3) is 0.267. The Morgan fingerprint density at radius 1 is 1.06 bits per heavy atom. The molecule has 0 saturated carbocycles. The Kier molecular flexibility index (Phi) is 3.82. The summed E-state index contributed by atoms with van der Waals surface area (Å²) in [4.78, 5) is 6.55. The smallest absolute Gasteiger partial charge is 0.0597 e. The average molecular weight is 241 g/mol. The highest BCUT2D eigenvalue weighted by atomic mass is 15.1. The largest absolute Gasteiger partial charge is 0.379 e. The van der Waals surface area contributed by atoms with Crippen LogP contribution in [-0.4, -0.2) is 19.1 Å². The second-order valence-corrected chi connectivity index (χ2v) is 4.57. The third kappa shape index (κ3) is 3.23. The van der Waals surface area contributed by atoms with Crippen molar-refractivity contribution in [3.8, 4) is 0 Å². The molecule has 3 heteroatoms. The van der Waals surface area contributed by atoms with Crippen molar-refractivity contribution in [1.82, 2.24) is 4.98 Å². The highest BCUT2D eigenvalue weighted by Gasteiger charge is 1.97. The Bertz CT molecular complexity index is 503. The van der Waals surface area contributed by atoms with Gasteiger partial charge in [-0.25, -0.2) is 0 Å². The lowest BCUT2D eigenvalue weighted by molar-refractivity contribution is 1.01. The van der Waals surface area contributed by atoms with E-state index in [1.807, 2.05) is 39.2 Å². The Morgan fingerprint density at radius 3 is 2.39 bits per heavy atom. The van der Waals surface area contributed by atoms with Crippen molar-refractivity contribution in [2.45, 2.75) is 13.5 Å². The zero-order chi connectivity index (χ0) is 13.0. The lowest BCUT2D eigenvalue weighted by Crippen LogP contribution is -2.08. The van der Waals surface area contributed by atoms with E-state index in [-0.39, 0.29) is 0 Å². The predicted octanol–water partition coefficient (Wildman–Crippen LogP) is 3.07. The SMILES string of the molecule is Cc1cccc(CNc2ccc(N(C)C)cc2)n1. The minimum atomic E-state index is 0.753. The van der Waals surface area contributed by atoms with Gasteiger partial charge in [0.05, 0.1) is 12.2 Å². The summed E-state index contributed by atoms with van der Waals surface area (Å²) in [5, 5.41) is 3.37. The van der Waals surface area contributed by atoms with Crippen LogP contribution in [0, 0.1) is 6.92 Å². The molecule has 0 radical (unpaired) electrons. The van der Waals surface area contributed by atoms with Gasteiger partial charge in [0, 0.05) is 31.2 Å². The Morgan fingerprint density at radius 2 is 1.78 bits per heavy atom. The van der Waals surface area contributed by atoms with Crippen LogP contribution in [0.3, 0.4) is 0 Å². The molecule has 0 aliphatic carbocycles. The molecule has 0 saturated heterocycles. The van der Waals surface area contributed by atoms with Gasteiger partial charge in [0.1, 0.15) is 0 Å². The summed E-state index contributed by atoms with van der Waals surface area (Å²) in [6, 6.07) is 14.5. The summed E-state index contributed by atoms with van der Waals surface area (Å²) in [6.07, 6.45) is 0. The third-order valence-electron chi connectivity index (χ3n) is 2.80. The highest BCUT2D eigenvalue weighted by molar-refractivity contribution is 5.54. The van der Waals surface area contributed by atoms with Crippen molar-refractivity contribution in [2.24, 2.45) is 0 Å². The van der Waals surface area contributed by atoms with Crippen molar-refractivity contribution < 1.29 is 0 Å². The molecule has 1 aromatic carbocycles. The summed E-state index contributed by atoms with van der Waals surface area (Å²) in [5.41, 5.74) is 4.43. The summed E-state index contributed by atoms with van der Waals surface area (Å²) in [5.74, 6) is 0. The molecular weight excluding hydrogens is 222 g/mol. The standard InChI is InChI=1S/C15H19N3/c1-12-5-4-6-14(17-12)11-16-13-7-9-15(10-8-13)18(2)3/h4-10,16H,11H2,1-3H3. The first kappa shape index (κ1) is 12.4. The highest BCUT2D eigenvalue weighted by Crippen LogP contribution is 2.16. The van der Waals surface area contributed by atoms with Crippen LogP contribution in [0.5, 0.6) is 0 Å². The molecule has 0 aliphatic heterocycles. The number of aryl methyl sites for hydroxylation is 1. The van der Waals surface area contributed by atoms with Gasteiger partial charge in [-0.2, -0.15) is 0 Å². The van der Waals surface area contributed by atoms with Crippen LogP contribution >= 0.6 is 0 Å². The molecule has 0 fully saturated rings. The lowest BCUT2D eigenvalue weighted by atomic mass is 10.2. The van der Waals surface area contributed by atoms with Crippen LogP contribution < -0.4 is 10.2 Å². The van der Waals surface area contributed by atoms with Gasteiger partial charge >= 0.3 is 0 Å². The van der Waals surface area contributed by atoms with E-state index in [9.17, 15) is 0 Å². The van der Waals surface area contributed by atoms with Crippen molar-refractivity contribution in [3.05, 3.63) is 53.9 Å². The summed E-state index contributed by atoms with van der Waals surface area (Å²) >= 11 is 0. The minimum absolute atomic E-state index is 0.753. The summed E-state index contributed by atoms with van der Waals surface area (Å²) < 4.78 is 0. The molecule has 2 aromatic rings. The van der Waals surface area contributed by atoms with Gasteiger partial charge < -0.3 is 10.2 Å². The van der Waals surface area contributed by atoms with E-state index < -0.39 is 0 Å². The number of anilines is 2.